The zero-order chi connectivity index (χ0) is 13.8. The molecule has 2 rings (SSSR count). The van der Waals surface area contributed by atoms with E-state index in [2.05, 4.69) is 20.5 Å². The van der Waals surface area contributed by atoms with E-state index in [1.54, 1.807) is 0 Å². The predicted molar refractivity (Wildman–Crippen MR) is 72.8 cm³/mol. The van der Waals surface area contributed by atoms with Gasteiger partial charge >= 0.3 is 0 Å². The van der Waals surface area contributed by atoms with E-state index in [0.29, 0.717) is 6.54 Å². The van der Waals surface area contributed by atoms with Crippen LogP contribution in [0.25, 0.3) is 0 Å². The fourth-order valence-electron chi connectivity index (χ4n) is 1.60. The lowest BCUT2D eigenvalue weighted by Gasteiger charge is -2.03. The van der Waals surface area contributed by atoms with Crippen LogP contribution in [0.4, 0.5) is 0 Å². The second kappa shape index (κ2) is 5.65. The minimum atomic E-state index is -0.260. The molecule has 0 aliphatic heterocycles. The first kappa shape index (κ1) is 13.3. The first-order chi connectivity index (χ1) is 9.06. The van der Waals surface area contributed by atoms with Gasteiger partial charge in [0.15, 0.2) is 0 Å². The van der Waals surface area contributed by atoms with Crippen LogP contribution >= 0.6 is 0 Å². The van der Waals surface area contributed by atoms with E-state index in [-0.39, 0.29) is 17.6 Å². The van der Waals surface area contributed by atoms with Crippen LogP contribution in [0, 0.1) is 6.92 Å². The van der Waals surface area contributed by atoms with Crippen LogP contribution in [0.3, 0.4) is 0 Å². The Morgan fingerprint density at radius 2 is 2.00 bits per heavy atom. The Morgan fingerprint density at radius 3 is 2.58 bits per heavy atom. The summed E-state index contributed by atoms with van der Waals surface area (Å²) in [5.41, 5.74) is 2.25. The molecule has 1 aromatic carbocycles. The van der Waals surface area contributed by atoms with Crippen LogP contribution in [0.1, 0.15) is 47.3 Å². The molecular weight excluding hydrogens is 240 g/mol. The lowest BCUT2D eigenvalue weighted by Crippen LogP contribution is -2.24. The molecule has 1 aromatic heterocycles. The number of nitrogens with one attached hydrogen (secondary N) is 2. The predicted octanol–water partition coefficient (Wildman–Crippen LogP) is 2.17. The maximum absolute atomic E-state index is 11.9. The third-order valence-electron chi connectivity index (χ3n) is 2.83. The van der Waals surface area contributed by atoms with Crippen molar-refractivity contribution in [3.8, 4) is 0 Å². The Balaban J connectivity index is 1.95. The number of carbonyl (C=O) groups is 1. The molecule has 19 heavy (non-hydrogen) atoms. The molecule has 0 fully saturated rings. The van der Waals surface area contributed by atoms with Crippen LogP contribution in [-0.2, 0) is 6.54 Å². The lowest BCUT2D eigenvalue weighted by atomic mass is 10.1. The molecule has 5 nitrogen and oxygen atoms in total. The highest BCUT2D eigenvalue weighted by Crippen LogP contribution is 2.07. The molecule has 0 bridgehead atoms. The summed E-state index contributed by atoms with van der Waals surface area (Å²) >= 11 is 0. The summed E-state index contributed by atoms with van der Waals surface area (Å²) in [5, 5.41) is 9.49. The van der Waals surface area contributed by atoms with Crippen molar-refractivity contribution in [3.05, 3.63) is 47.0 Å². The zero-order valence-corrected chi connectivity index (χ0v) is 11.4. The number of hydrogen-bond acceptors (Lipinski definition) is 3. The largest absolute Gasteiger partial charge is 0.345 e. The molecule has 0 aliphatic carbocycles. The number of amides is 1. The van der Waals surface area contributed by atoms with Gasteiger partial charge in [0, 0.05) is 12.5 Å². The molecule has 2 N–H and O–H groups in total. The fraction of sp³-hybridized carbons (Fsp3) is 0.357. The molecule has 2 aromatic rings. The lowest BCUT2D eigenvalue weighted by molar-refractivity contribution is 0.0941. The summed E-state index contributed by atoms with van der Waals surface area (Å²) in [7, 11) is 0. The Hall–Kier alpha value is -2.17. The average Bonchev–Trinajstić information content (AvgIpc) is 2.87. The summed E-state index contributed by atoms with van der Waals surface area (Å²) in [6, 6.07) is 8.02. The quantitative estimate of drug-likeness (QED) is 0.883. The molecule has 0 atom stereocenters. The van der Waals surface area contributed by atoms with E-state index in [1.165, 1.54) is 5.56 Å². The number of aromatic amines is 1. The molecule has 0 saturated heterocycles. The van der Waals surface area contributed by atoms with E-state index < -0.39 is 0 Å². The number of aromatic nitrogens is 3. The molecule has 5 heteroatoms. The molecule has 1 amide bonds. The maximum atomic E-state index is 11.9. The molecule has 0 aliphatic rings. The molecule has 0 saturated carbocycles. The van der Waals surface area contributed by atoms with Crippen molar-refractivity contribution in [3.63, 3.8) is 0 Å². The van der Waals surface area contributed by atoms with Gasteiger partial charge in [-0.1, -0.05) is 43.7 Å². The first-order valence-corrected chi connectivity index (χ1v) is 6.32. The van der Waals surface area contributed by atoms with Gasteiger partial charge in [0.2, 0.25) is 5.82 Å². The first-order valence-electron chi connectivity index (χ1n) is 6.32. The second-order valence-electron chi connectivity index (χ2n) is 4.87. The van der Waals surface area contributed by atoms with Gasteiger partial charge in [0.1, 0.15) is 5.82 Å². The van der Waals surface area contributed by atoms with Crippen LogP contribution in [0.2, 0.25) is 0 Å². The molecular formula is C14H18N4O. The van der Waals surface area contributed by atoms with Crippen molar-refractivity contribution in [2.45, 2.75) is 33.2 Å². The normalized spacial score (nSPS) is 10.7. The van der Waals surface area contributed by atoms with Crippen molar-refractivity contribution in [2.24, 2.45) is 0 Å². The maximum Gasteiger partial charge on any atom is 0.291 e. The Bertz CT molecular complexity index is 557. The number of hydrogen-bond donors (Lipinski definition) is 2. The third-order valence-corrected chi connectivity index (χ3v) is 2.83. The van der Waals surface area contributed by atoms with E-state index in [0.717, 1.165) is 11.4 Å². The highest BCUT2D eigenvalue weighted by Gasteiger charge is 2.13. The molecule has 100 valence electrons. The van der Waals surface area contributed by atoms with Gasteiger partial charge in [-0.3, -0.25) is 9.89 Å². The monoisotopic (exact) mass is 258 g/mol. The van der Waals surface area contributed by atoms with Crippen LogP contribution in [0.15, 0.2) is 24.3 Å². The van der Waals surface area contributed by atoms with E-state index in [9.17, 15) is 4.79 Å². The topological polar surface area (TPSA) is 70.7 Å². The van der Waals surface area contributed by atoms with E-state index in [1.807, 2.05) is 45.0 Å². The van der Waals surface area contributed by atoms with E-state index in [4.69, 9.17) is 0 Å². The number of aryl methyl sites for hydroxylation is 1. The molecule has 0 unspecified atom stereocenters. The summed E-state index contributed by atoms with van der Waals surface area (Å²) in [5.74, 6) is 0.881. The van der Waals surface area contributed by atoms with Crippen LogP contribution in [0.5, 0.6) is 0 Å². The van der Waals surface area contributed by atoms with Gasteiger partial charge in [-0.25, -0.2) is 4.98 Å². The van der Waals surface area contributed by atoms with Gasteiger partial charge in [-0.2, -0.15) is 0 Å². The van der Waals surface area contributed by atoms with Crippen molar-refractivity contribution >= 4 is 5.91 Å². The Morgan fingerprint density at radius 1 is 1.32 bits per heavy atom. The summed E-state index contributed by atoms with van der Waals surface area (Å²) in [6.45, 7) is 6.50. The minimum absolute atomic E-state index is 0.191. The average molecular weight is 258 g/mol. The SMILES string of the molecule is Cc1ccc(CNC(=O)c2n[nH]c(C(C)C)n2)cc1. The van der Waals surface area contributed by atoms with Crippen LogP contribution < -0.4 is 5.32 Å². The molecule has 0 radical (unpaired) electrons. The molecule has 0 spiro atoms. The Labute approximate surface area is 112 Å². The summed E-state index contributed by atoms with van der Waals surface area (Å²) < 4.78 is 0. The number of nitrogens with zero attached hydrogens (tertiary/aromatic N) is 2. The van der Waals surface area contributed by atoms with Crippen molar-refractivity contribution in [2.75, 3.05) is 0 Å². The van der Waals surface area contributed by atoms with Crippen LogP contribution in [-0.4, -0.2) is 21.1 Å². The second-order valence-corrected chi connectivity index (χ2v) is 4.87. The molecule has 1 heterocycles. The summed E-state index contributed by atoms with van der Waals surface area (Å²) in [6.07, 6.45) is 0. The number of H-pyrrole nitrogens is 1. The van der Waals surface area contributed by atoms with Gasteiger partial charge in [0.05, 0.1) is 0 Å². The number of benzene rings is 1. The number of carbonyl (C=O) groups excluding carboxylic acids is 1. The standard InChI is InChI=1S/C14H18N4O/c1-9(2)12-16-13(18-17-12)14(19)15-8-11-6-4-10(3)5-7-11/h4-7,9H,8H2,1-3H3,(H,15,19)(H,16,17,18). The highest BCUT2D eigenvalue weighted by atomic mass is 16.2. The van der Waals surface area contributed by atoms with Gasteiger partial charge in [-0.05, 0) is 12.5 Å². The minimum Gasteiger partial charge on any atom is -0.345 e. The van der Waals surface area contributed by atoms with Crippen molar-refractivity contribution in [1.82, 2.24) is 20.5 Å². The third kappa shape index (κ3) is 3.40. The Kier molecular flexibility index (Phi) is 3.94. The summed E-state index contributed by atoms with van der Waals surface area (Å²) in [4.78, 5) is 16.0. The highest BCUT2D eigenvalue weighted by molar-refractivity contribution is 5.90. The van der Waals surface area contributed by atoms with Gasteiger partial charge in [0.25, 0.3) is 5.91 Å². The van der Waals surface area contributed by atoms with E-state index >= 15 is 0 Å². The smallest absolute Gasteiger partial charge is 0.291 e. The van der Waals surface area contributed by atoms with Crippen molar-refractivity contribution < 1.29 is 4.79 Å². The fourth-order valence-corrected chi connectivity index (χ4v) is 1.60. The van der Waals surface area contributed by atoms with Crippen molar-refractivity contribution in [1.29, 1.82) is 0 Å². The number of rotatable bonds is 4. The zero-order valence-electron chi connectivity index (χ0n) is 11.4. The van der Waals surface area contributed by atoms with Gasteiger partial charge < -0.3 is 5.32 Å². The van der Waals surface area contributed by atoms with Gasteiger partial charge in [-0.15, -0.1) is 5.10 Å².